The normalized spacial score (nSPS) is 12.2. The van der Waals surface area contributed by atoms with E-state index in [9.17, 15) is 18.0 Å². The van der Waals surface area contributed by atoms with Crippen LogP contribution in [0.4, 0.5) is 5.69 Å². The number of hydrogen-bond acceptors (Lipinski definition) is 4. The number of halogens is 3. The number of benzene rings is 3. The van der Waals surface area contributed by atoms with Gasteiger partial charge in [0, 0.05) is 22.6 Å². The highest BCUT2D eigenvalue weighted by Crippen LogP contribution is 2.31. The largest absolute Gasteiger partial charge is 0.352 e. The van der Waals surface area contributed by atoms with Gasteiger partial charge in [-0.3, -0.25) is 13.9 Å². The third kappa shape index (κ3) is 7.66. The Labute approximate surface area is 244 Å². The highest BCUT2D eigenvalue weighted by atomic mass is 35.5. The van der Waals surface area contributed by atoms with Crippen LogP contribution in [0.1, 0.15) is 32.8 Å². The number of amides is 2. The summed E-state index contributed by atoms with van der Waals surface area (Å²) in [5.41, 5.74) is 0.695. The first-order chi connectivity index (χ1) is 18.4. The molecular formula is C28H30Cl3N3O4S. The molecule has 0 heterocycles. The Bertz CT molecular complexity index is 1420. The lowest BCUT2D eigenvalue weighted by Crippen LogP contribution is -2.53. The summed E-state index contributed by atoms with van der Waals surface area (Å²) in [7, 11) is -4.21. The first kappa shape index (κ1) is 30.8. The molecule has 39 heavy (non-hydrogen) atoms. The molecule has 208 valence electrons. The lowest BCUT2D eigenvalue weighted by Gasteiger charge is -2.34. The van der Waals surface area contributed by atoms with E-state index in [4.69, 9.17) is 34.8 Å². The molecule has 1 atom stereocenters. The van der Waals surface area contributed by atoms with E-state index >= 15 is 0 Å². The minimum absolute atomic E-state index is 0.00499. The molecule has 0 radical (unpaired) electrons. The summed E-state index contributed by atoms with van der Waals surface area (Å²) in [5.74, 6) is -0.965. The third-order valence-corrected chi connectivity index (χ3v) is 8.58. The summed E-state index contributed by atoms with van der Waals surface area (Å²) in [6.45, 7) is 4.77. The molecule has 11 heteroatoms. The maximum atomic E-state index is 14.0. The van der Waals surface area contributed by atoms with Crippen molar-refractivity contribution in [2.24, 2.45) is 0 Å². The van der Waals surface area contributed by atoms with Gasteiger partial charge in [-0.2, -0.15) is 0 Å². The van der Waals surface area contributed by atoms with Crippen molar-refractivity contribution < 1.29 is 18.0 Å². The van der Waals surface area contributed by atoms with Crippen molar-refractivity contribution >= 4 is 62.3 Å². The van der Waals surface area contributed by atoms with Gasteiger partial charge < -0.3 is 10.2 Å². The SMILES string of the molecule is CC[C@@H](C(=O)NC(C)C)N(Cc1ccc(Cl)cc1Cl)C(=O)CN(c1ccccc1Cl)S(=O)(=O)c1ccccc1. The molecule has 0 unspecified atom stereocenters. The monoisotopic (exact) mass is 609 g/mol. The number of rotatable bonds is 11. The second kappa shape index (κ2) is 13.5. The summed E-state index contributed by atoms with van der Waals surface area (Å²) >= 11 is 18.9. The van der Waals surface area contributed by atoms with Crippen LogP contribution in [0.5, 0.6) is 0 Å². The maximum absolute atomic E-state index is 14.0. The van der Waals surface area contributed by atoms with E-state index in [0.29, 0.717) is 15.6 Å². The predicted molar refractivity (Wildman–Crippen MR) is 157 cm³/mol. The quantitative estimate of drug-likeness (QED) is 0.281. The van der Waals surface area contributed by atoms with E-state index in [2.05, 4.69) is 5.32 Å². The molecule has 7 nitrogen and oxygen atoms in total. The molecule has 0 saturated heterocycles. The Morgan fingerprint density at radius 3 is 2.13 bits per heavy atom. The zero-order valence-electron chi connectivity index (χ0n) is 21.8. The van der Waals surface area contributed by atoms with Crippen LogP contribution in [0.3, 0.4) is 0 Å². The van der Waals surface area contributed by atoms with Gasteiger partial charge in [-0.25, -0.2) is 8.42 Å². The number of nitrogens with one attached hydrogen (secondary N) is 1. The van der Waals surface area contributed by atoms with E-state index in [1.807, 2.05) is 13.8 Å². The molecule has 3 rings (SSSR count). The molecule has 0 aliphatic rings. The van der Waals surface area contributed by atoms with Gasteiger partial charge in [-0.15, -0.1) is 0 Å². The third-order valence-electron chi connectivity index (χ3n) is 5.90. The van der Waals surface area contributed by atoms with Gasteiger partial charge in [0.05, 0.1) is 15.6 Å². The van der Waals surface area contributed by atoms with E-state index in [0.717, 1.165) is 4.31 Å². The minimum atomic E-state index is -4.21. The molecule has 0 aromatic heterocycles. The number of carbonyl (C=O) groups is 2. The van der Waals surface area contributed by atoms with E-state index < -0.39 is 28.5 Å². The standard InChI is InChI=1S/C28H30Cl3N3O4S/c1-4-25(28(36)32-19(2)3)33(17-20-14-15-21(29)16-24(20)31)27(35)18-34(26-13-9-8-12-23(26)30)39(37,38)22-10-6-5-7-11-22/h5-16,19,25H,4,17-18H2,1-3H3,(H,32,36)/t25-/m0/s1. The predicted octanol–water partition coefficient (Wildman–Crippen LogP) is 6.17. The van der Waals surface area contributed by atoms with Gasteiger partial charge >= 0.3 is 0 Å². The number of nitrogens with zero attached hydrogens (tertiary/aromatic N) is 2. The van der Waals surface area contributed by atoms with Crippen LogP contribution in [0.2, 0.25) is 15.1 Å². The van der Waals surface area contributed by atoms with E-state index in [1.165, 1.54) is 23.1 Å². The Morgan fingerprint density at radius 2 is 1.54 bits per heavy atom. The van der Waals surface area contributed by atoms with Gasteiger partial charge in [-0.05, 0) is 62.2 Å². The van der Waals surface area contributed by atoms with Crippen molar-refractivity contribution in [3.63, 3.8) is 0 Å². The summed E-state index contributed by atoms with van der Waals surface area (Å²) in [6.07, 6.45) is 0.285. The van der Waals surface area contributed by atoms with Gasteiger partial charge in [0.25, 0.3) is 10.0 Å². The fourth-order valence-corrected chi connectivity index (χ4v) is 6.23. The Hall–Kier alpha value is -2.78. The summed E-state index contributed by atoms with van der Waals surface area (Å²) in [5, 5.41) is 3.74. The van der Waals surface area contributed by atoms with Gasteiger partial charge in [0.2, 0.25) is 11.8 Å². The summed E-state index contributed by atoms with van der Waals surface area (Å²) in [6, 6.07) is 17.9. The Kier molecular flexibility index (Phi) is 10.7. The van der Waals surface area contributed by atoms with Gasteiger partial charge in [0.1, 0.15) is 12.6 Å². The van der Waals surface area contributed by atoms with E-state index in [1.54, 1.807) is 61.5 Å². The molecular weight excluding hydrogens is 581 g/mol. The topological polar surface area (TPSA) is 86.8 Å². The van der Waals surface area contributed by atoms with Crippen LogP contribution in [0.25, 0.3) is 0 Å². The molecule has 3 aromatic carbocycles. The zero-order chi connectivity index (χ0) is 28.7. The van der Waals surface area contributed by atoms with Crippen LogP contribution in [0, 0.1) is 0 Å². The van der Waals surface area contributed by atoms with Crippen LogP contribution in [-0.4, -0.2) is 43.8 Å². The van der Waals surface area contributed by atoms with Crippen molar-refractivity contribution in [2.45, 2.75) is 50.7 Å². The number of para-hydroxylation sites is 1. The molecule has 0 spiro atoms. The molecule has 2 amide bonds. The van der Waals surface area contributed by atoms with E-state index in [-0.39, 0.29) is 40.5 Å². The second-order valence-corrected chi connectivity index (χ2v) is 12.2. The highest BCUT2D eigenvalue weighted by Gasteiger charge is 2.34. The van der Waals surface area contributed by atoms with Crippen LogP contribution in [0.15, 0.2) is 77.7 Å². The van der Waals surface area contributed by atoms with Gasteiger partial charge in [-0.1, -0.05) is 78.1 Å². The number of anilines is 1. The van der Waals surface area contributed by atoms with Crippen molar-refractivity contribution in [1.82, 2.24) is 10.2 Å². The maximum Gasteiger partial charge on any atom is 0.264 e. The molecule has 0 aliphatic heterocycles. The molecule has 0 saturated carbocycles. The number of carbonyl (C=O) groups excluding carboxylic acids is 2. The average molecular weight is 611 g/mol. The zero-order valence-corrected chi connectivity index (χ0v) is 24.9. The highest BCUT2D eigenvalue weighted by molar-refractivity contribution is 7.92. The molecule has 0 aliphatic carbocycles. The fourth-order valence-electron chi connectivity index (χ4n) is 4.02. The van der Waals surface area contributed by atoms with Gasteiger partial charge in [0.15, 0.2) is 0 Å². The fraction of sp³-hybridized carbons (Fsp3) is 0.286. The smallest absolute Gasteiger partial charge is 0.264 e. The lowest BCUT2D eigenvalue weighted by atomic mass is 10.1. The average Bonchev–Trinajstić information content (AvgIpc) is 2.88. The summed E-state index contributed by atoms with van der Waals surface area (Å²) < 4.78 is 28.6. The number of sulfonamides is 1. The second-order valence-electron chi connectivity index (χ2n) is 9.12. The van der Waals surface area contributed by atoms with Crippen LogP contribution >= 0.6 is 34.8 Å². The first-order valence-electron chi connectivity index (χ1n) is 12.3. The molecule has 0 fully saturated rings. The lowest BCUT2D eigenvalue weighted by molar-refractivity contribution is -0.140. The van der Waals surface area contributed by atoms with Crippen molar-refractivity contribution in [3.8, 4) is 0 Å². The number of hydrogen-bond donors (Lipinski definition) is 1. The van der Waals surface area contributed by atoms with Crippen LogP contribution < -0.4 is 9.62 Å². The molecule has 1 N–H and O–H groups in total. The van der Waals surface area contributed by atoms with Crippen molar-refractivity contribution in [3.05, 3.63) is 93.4 Å². The first-order valence-corrected chi connectivity index (χ1v) is 14.9. The Morgan fingerprint density at radius 1 is 0.897 bits per heavy atom. The molecule has 0 bridgehead atoms. The molecule has 3 aromatic rings. The summed E-state index contributed by atoms with van der Waals surface area (Å²) in [4.78, 5) is 28.5. The van der Waals surface area contributed by atoms with Crippen molar-refractivity contribution in [1.29, 1.82) is 0 Å². The minimum Gasteiger partial charge on any atom is -0.352 e. The van der Waals surface area contributed by atoms with Crippen LogP contribution in [-0.2, 0) is 26.2 Å². The van der Waals surface area contributed by atoms with Crippen molar-refractivity contribution in [2.75, 3.05) is 10.8 Å². The Balaban J connectivity index is 2.09.